The second-order valence-corrected chi connectivity index (χ2v) is 11.8. The van der Waals surface area contributed by atoms with Crippen molar-refractivity contribution in [1.29, 1.82) is 0 Å². The Morgan fingerprint density at radius 2 is 1.87 bits per heavy atom. The van der Waals surface area contributed by atoms with E-state index in [1.165, 1.54) is 4.57 Å². The van der Waals surface area contributed by atoms with Crippen LogP contribution in [0.1, 0.15) is 60.5 Å². The molecular formula is C26H33F2N2O8P. The van der Waals surface area contributed by atoms with Gasteiger partial charge in [-0.25, -0.2) is 8.78 Å². The fourth-order valence-electron chi connectivity index (χ4n) is 4.29. The normalized spacial score (nSPS) is 16.7. The Hall–Kier alpha value is -2.92. The number of pyridine rings is 1. The number of rotatable bonds is 12. The number of ether oxygens (including phenoxy) is 1. The number of amides is 1. The van der Waals surface area contributed by atoms with Crippen molar-refractivity contribution in [3.8, 4) is 5.75 Å². The highest BCUT2D eigenvalue weighted by atomic mass is 31.2. The molecule has 0 saturated carbocycles. The zero-order valence-corrected chi connectivity index (χ0v) is 23.2. The highest BCUT2D eigenvalue weighted by Gasteiger charge is 2.45. The molecule has 1 aliphatic rings. The number of aromatic nitrogens is 1. The van der Waals surface area contributed by atoms with Crippen LogP contribution in [0.2, 0.25) is 0 Å². The third-order valence-electron chi connectivity index (χ3n) is 6.47. The standard InChI is InChI=1S/C26H33F2N2O8P/c1-5-37-39(35,38-6-2)11-7-10-36-20-15-30-14-18(22(31)23(32)21(30)24(33)26(20,3)4)25(34)29-13-16-8-9-17(27)12-19(16)28/h8-9,12,14,20,32H,5-7,10-11,13,15H2,1-4H3,(H,29,34). The summed E-state index contributed by atoms with van der Waals surface area (Å²) in [6, 6.07) is 2.86. The summed E-state index contributed by atoms with van der Waals surface area (Å²) in [5.74, 6) is -3.98. The van der Waals surface area contributed by atoms with Crippen molar-refractivity contribution >= 4 is 19.3 Å². The van der Waals surface area contributed by atoms with Gasteiger partial charge in [0.2, 0.25) is 5.43 Å². The Morgan fingerprint density at radius 3 is 2.49 bits per heavy atom. The molecule has 1 aliphatic heterocycles. The second-order valence-electron chi connectivity index (χ2n) is 9.57. The molecule has 0 fully saturated rings. The first-order valence-electron chi connectivity index (χ1n) is 12.6. The van der Waals surface area contributed by atoms with Crippen molar-refractivity contribution < 1.29 is 41.8 Å². The second kappa shape index (κ2) is 12.5. The molecule has 0 aliphatic carbocycles. The summed E-state index contributed by atoms with van der Waals surface area (Å²) < 4.78 is 57.5. The van der Waals surface area contributed by atoms with Crippen LogP contribution in [-0.4, -0.2) is 53.5 Å². The van der Waals surface area contributed by atoms with Gasteiger partial charge in [0.05, 0.1) is 37.4 Å². The van der Waals surface area contributed by atoms with Crippen LogP contribution >= 0.6 is 7.60 Å². The van der Waals surface area contributed by atoms with Crippen LogP contribution in [0.25, 0.3) is 0 Å². The summed E-state index contributed by atoms with van der Waals surface area (Å²) in [6.45, 7) is 6.96. The van der Waals surface area contributed by atoms with Gasteiger partial charge in [-0.2, -0.15) is 0 Å². The molecule has 10 nitrogen and oxygen atoms in total. The van der Waals surface area contributed by atoms with Gasteiger partial charge >= 0.3 is 7.60 Å². The number of ketones is 1. The summed E-state index contributed by atoms with van der Waals surface area (Å²) in [7, 11) is -3.26. The first-order valence-corrected chi connectivity index (χ1v) is 14.3. The number of hydrogen-bond donors (Lipinski definition) is 2. The molecule has 0 bridgehead atoms. The van der Waals surface area contributed by atoms with E-state index >= 15 is 0 Å². The number of halogens is 2. The van der Waals surface area contributed by atoms with Gasteiger partial charge in [0.25, 0.3) is 5.91 Å². The van der Waals surface area contributed by atoms with Crippen molar-refractivity contribution in [2.75, 3.05) is 26.0 Å². The van der Waals surface area contributed by atoms with Crippen molar-refractivity contribution in [1.82, 2.24) is 9.88 Å². The lowest BCUT2D eigenvalue weighted by Gasteiger charge is -2.39. The van der Waals surface area contributed by atoms with E-state index in [0.717, 1.165) is 18.3 Å². The summed E-state index contributed by atoms with van der Waals surface area (Å²) >= 11 is 0. The molecule has 1 amide bonds. The molecule has 13 heteroatoms. The lowest BCUT2D eigenvalue weighted by molar-refractivity contribution is -0.0328. The molecule has 39 heavy (non-hydrogen) atoms. The zero-order chi connectivity index (χ0) is 29.0. The number of fused-ring (bicyclic) bond motifs is 1. The van der Waals surface area contributed by atoms with Gasteiger partial charge in [-0.15, -0.1) is 0 Å². The van der Waals surface area contributed by atoms with Crippen LogP contribution in [0.5, 0.6) is 5.75 Å². The fourth-order valence-corrected chi connectivity index (χ4v) is 5.93. The first kappa shape index (κ1) is 30.6. The molecule has 0 radical (unpaired) electrons. The average Bonchev–Trinajstić information content (AvgIpc) is 2.86. The van der Waals surface area contributed by atoms with E-state index in [0.29, 0.717) is 12.5 Å². The van der Waals surface area contributed by atoms with Gasteiger partial charge in [0, 0.05) is 31.0 Å². The largest absolute Gasteiger partial charge is 0.503 e. The van der Waals surface area contributed by atoms with Crippen LogP contribution in [0.3, 0.4) is 0 Å². The van der Waals surface area contributed by atoms with Crippen LogP contribution in [0.4, 0.5) is 8.78 Å². The monoisotopic (exact) mass is 570 g/mol. The van der Waals surface area contributed by atoms with Gasteiger partial charge < -0.3 is 28.8 Å². The predicted molar refractivity (Wildman–Crippen MR) is 138 cm³/mol. The third kappa shape index (κ3) is 6.81. The number of benzene rings is 1. The molecule has 2 heterocycles. The Kier molecular flexibility index (Phi) is 9.82. The van der Waals surface area contributed by atoms with E-state index < -0.39 is 59.2 Å². The Balaban J connectivity index is 1.77. The van der Waals surface area contributed by atoms with E-state index in [2.05, 4.69) is 5.32 Å². The number of Topliss-reactive ketones (excluding diaryl/α,β-unsaturated/α-hetero) is 1. The fraction of sp³-hybridized carbons (Fsp3) is 0.500. The van der Waals surface area contributed by atoms with Crippen LogP contribution in [-0.2, 0) is 31.4 Å². The SMILES string of the molecule is CCOP(=O)(CCCOC1Cn2cc(C(=O)NCc3ccc(F)cc3F)c(=O)c(O)c2C(=O)C1(C)C)OCC. The molecule has 3 rings (SSSR count). The van der Waals surface area contributed by atoms with Gasteiger partial charge in [-0.1, -0.05) is 6.07 Å². The Morgan fingerprint density at radius 1 is 1.21 bits per heavy atom. The summed E-state index contributed by atoms with van der Waals surface area (Å²) in [5.41, 5.74) is -2.89. The number of hydrogen-bond acceptors (Lipinski definition) is 8. The maximum Gasteiger partial charge on any atom is 0.330 e. The summed E-state index contributed by atoms with van der Waals surface area (Å²) in [5, 5.41) is 13.0. The van der Waals surface area contributed by atoms with E-state index in [4.69, 9.17) is 13.8 Å². The highest BCUT2D eigenvalue weighted by Crippen LogP contribution is 2.48. The van der Waals surface area contributed by atoms with E-state index in [1.807, 2.05) is 0 Å². The molecule has 1 atom stereocenters. The Bertz CT molecular complexity index is 1330. The van der Waals surface area contributed by atoms with Crippen molar-refractivity contribution in [2.45, 2.75) is 53.3 Å². The molecule has 1 aromatic carbocycles. The predicted octanol–water partition coefficient (Wildman–Crippen LogP) is 4.03. The average molecular weight is 571 g/mol. The molecule has 0 saturated heterocycles. The maximum absolute atomic E-state index is 13.9. The molecule has 2 aromatic rings. The topological polar surface area (TPSA) is 133 Å². The quantitative estimate of drug-likeness (QED) is 0.289. The van der Waals surface area contributed by atoms with Crippen molar-refractivity contribution in [3.05, 3.63) is 63.1 Å². The minimum absolute atomic E-state index is 0.00403. The number of aromatic hydroxyl groups is 1. The summed E-state index contributed by atoms with van der Waals surface area (Å²) in [6.07, 6.45) is 0.893. The minimum Gasteiger partial charge on any atom is -0.503 e. The van der Waals surface area contributed by atoms with Crippen LogP contribution in [0, 0.1) is 17.0 Å². The van der Waals surface area contributed by atoms with E-state index in [-0.39, 0.29) is 50.3 Å². The number of carbonyl (C=O) groups is 2. The molecule has 1 unspecified atom stereocenters. The van der Waals surface area contributed by atoms with Crippen LogP contribution in [0.15, 0.2) is 29.2 Å². The van der Waals surface area contributed by atoms with Gasteiger partial charge in [-0.05, 0) is 40.2 Å². The maximum atomic E-state index is 13.9. The molecule has 214 valence electrons. The molecule has 0 spiro atoms. The summed E-state index contributed by atoms with van der Waals surface area (Å²) in [4.78, 5) is 38.8. The molecular weight excluding hydrogens is 537 g/mol. The third-order valence-corrected chi connectivity index (χ3v) is 8.64. The highest BCUT2D eigenvalue weighted by molar-refractivity contribution is 7.53. The number of nitrogens with one attached hydrogen (secondary N) is 1. The van der Waals surface area contributed by atoms with Crippen molar-refractivity contribution in [2.24, 2.45) is 5.41 Å². The van der Waals surface area contributed by atoms with Gasteiger partial charge in [0.1, 0.15) is 22.9 Å². The number of nitrogens with zero attached hydrogens (tertiary/aromatic N) is 1. The lowest BCUT2D eigenvalue weighted by Crippen LogP contribution is -2.48. The van der Waals surface area contributed by atoms with E-state index in [1.54, 1.807) is 27.7 Å². The molecule has 2 N–H and O–H groups in total. The first-order chi connectivity index (χ1) is 18.3. The minimum atomic E-state index is -3.26. The lowest BCUT2D eigenvalue weighted by atomic mass is 9.77. The Labute approximate surface area is 224 Å². The smallest absolute Gasteiger partial charge is 0.330 e. The van der Waals surface area contributed by atoms with Gasteiger partial charge in [0.15, 0.2) is 11.5 Å². The van der Waals surface area contributed by atoms with E-state index in [9.17, 15) is 32.8 Å². The molecule has 1 aromatic heterocycles. The van der Waals surface area contributed by atoms with Crippen molar-refractivity contribution in [3.63, 3.8) is 0 Å². The zero-order valence-electron chi connectivity index (χ0n) is 22.3. The van der Waals surface area contributed by atoms with Crippen LogP contribution < -0.4 is 10.7 Å². The van der Waals surface area contributed by atoms with Gasteiger partial charge in [-0.3, -0.25) is 18.9 Å². The number of carbonyl (C=O) groups excluding carboxylic acids is 2.